The normalized spacial score (nSPS) is 14.8. The summed E-state index contributed by atoms with van der Waals surface area (Å²) in [5.74, 6) is 1.58. The van der Waals surface area contributed by atoms with Crippen LogP contribution in [0.5, 0.6) is 0 Å². The number of piperidine rings is 1. The van der Waals surface area contributed by atoms with Crippen LogP contribution in [-0.4, -0.2) is 43.8 Å². The van der Waals surface area contributed by atoms with Gasteiger partial charge in [-0.25, -0.2) is 4.39 Å². The summed E-state index contributed by atoms with van der Waals surface area (Å²) in [5, 5.41) is 8.50. The number of hydrogen-bond acceptors (Lipinski definition) is 5. The molecule has 8 heteroatoms. The Balaban J connectivity index is 1.21. The van der Waals surface area contributed by atoms with Crippen LogP contribution in [0.2, 0.25) is 0 Å². The van der Waals surface area contributed by atoms with E-state index in [1.54, 1.807) is 12.1 Å². The van der Waals surface area contributed by atoms with E-state index in [9.17, 15) is 9.18 Å². The predicted octanol–water partition coefficient (Wildman–Crippen LogP) is 4.03. The molecule has 32 heavy (non-hydrogen) atoms. The summed E-state index contributed by atoms with van der Waals surface area (Å²) in [5.41, 5.74) is 4.06. The number of likely N-dealkylation sites (tertiary alicyclic amines) is 1. The molecule has 1 amide bonds. The van der Waals surface area contributed by atoms with Crippen molar-refractivity contribution in [3.8, 4) is 11.5 Å². The van der Waals surface area contributed by atoms with Gasteiger partial charge in [-0.05, 0) is 75.3 Å². The zero-order valence-corrected chi connectivity index (χ0v) is 19.0. The van der Waals surface area contributed by atoms with Crippen LogP contribution < -0.4 is 0 Å². The van der Waals surface area contributed by atoms with Gasteiger partial charge in [0.15, 0.2) is 5.82 Å². The first-order chi connectivity index (χ1) is 15.4. The average Bonchev–Trinajstić information content (AvgIpc) is 3.36. The van der Waals surface area contributed by atoms with Crippen molar-refractivity contribution in [1.82, 2.24) is 24.8 Å². The largest absolute Gasteiger partial charge is 0.343 e. The van der Waals surface area contributed by atoms with Crippen molar-refractivity contribution >= 4 is 5.91 Å². The van der Waals surface area contributed by atoms with E-state index in [0.29, 0.717) is 29.6 Å². The van der Waals surface area contributed by atoms with E-state index in [-0.39, 0.29) is 11.7 Å². The first kappa shape index (κ1) is 22.2. The molecule has 3 heterocycles. The molecular formula is C24H30FN5O2. The molecule has 0 N–H and O–H groups in total. The summed E-state index contributed by atoms with van der Waals surface area (Å²) < 4.78 is 20.3. The second kappa shape index (κ2) is 9.63. The van der Waals surface area contributed by atoms with E-state index in [2.05, 4.69) is 22.2 Å². The second-order valence-electron chi connectivity index (χ2n) is 8.66. The van der Waals surface area contributed by atoms with Crippen LogP contribution in [0, 0.1) is 25.6 Å². The third kappa shape index (κ3) is 5.06. The highest BCUT2D eigenvalue weighted by molar-refractivity contribution is 5.76. The fourth-order valence-corrected chi connectivity index (χ4v) is 4.44. The standard InChI is InChI=1S/C24H30FN5O2/c1-16-21(17(2)29(3)27-16)9-11-23(31)30-14-12-18(13-15-30)4-10-22-26-24(32-28-22)19-5-7-20(25)8-6-19/h5-8,18H,4,9-15H2,1-3H3. The van der Waals surface area contributed by atoms with E-state index in [4.69, 9.17) is 4.52 Å². The number of hydrogen-bond donors (Lipinski definition) is 0. The second-order valence-corrected chi connectivity index (χ2v) is 8.66. The molecule has 1 aromatic carbocycles. The minimum Gasteiger partial charge on any atom is -0.343 e. The Morgan fingerprint density at radius 2 is 1.88 bits per heavy atom. The molecule has 170 valence electrons. The van der Waals surface area contributed by atoms with Crippen LogP contribution in [0.4, 0.5) is 4.39 Å². The van der Waals surface area contributed by atoms with Crippen molar-refractivity contribution in [2.24, 2.45) is 13.0 Å². The maximum atomic E-state index is 13.1. The maximum Gasteiger partial charge on any atom is 0.257 e. The van der Waals surface area contributed by atoms with Gasteiger partial charge in [0.25, 0.3) is 5.89 Å². The molecule has 0 spiro atoms. The summed E-state index contributed by atoms with van der Waals surface area (Å²) in [7, 11) is 1.94. The molecule has 0 radical (unpaired) electrons. The van der Waals surface area contributed by atoms with Gasteiger partial charge in [0, 0.05) is 44.2 Å². The Bertz CT molecular complexity index is 1060. The Labute approximate surface area is 187 Å². The van der Waals surface area contributed by atoms with Crippen LogP contribution in [0.3, 0.4) is 0 Å². The van der Waals surface area contributed by atoms with Crippen LogP contribution >= 0.6 is 0 Å². The number of carbonyl (C=O) groups is 1. The number of amides is 1. The van der Waals surface area contributed by atoms with Crippen LogP contribution in [0.25, 0.3) is 11.5 Å². The van der Waals surface area contributed by atoms with E-state index >= 15 is 0 Å². The highest BCUT2D eigenvalue weighted by Gasteiger charge is 2.23. The molecule has 1 aliphatic rings. The third-order valence-corrected chi connectivity index (χ3v) is 6.55. The van der Waals surface area contributed by atoms with Crippen molar-refractivity contribution in [2.75, 3.05) is 13.1 Å². The molecule has 1 saturated heterocycles. The Kier molecular flexibility index (Phi) is 6.67. The number of halogens is 1. The van der Waals surface area contributed by atoms with Crippen LogP contribution in [0.15, 0.2) is 28.8 Å². The Morgan fingerprint density at radius 1 is 1.16 bits per heavy atom. The topological polar surface area (TPSA) is 77.0 Å². The SMILES string of the molecule is Cc1nn(C)c(C)c1CCC(=O)N1CCC(CCc2noc(-c3ccc(F)cc3)n2)CC1. The zero-order chi connectivity index (χ0) is 22.7. The van der Waals surface area contributed by atoms with Gasteiger partial charge in [0.2, 0.25) is 5.91 Å². The van der Waals surface area contributed by atoms with Gasteiger partial charge >= 0.3 is 0 Å². The molecule has 0 saturated carbocycles. The minimum absolute atomic E-state index is 0.230. The summed E-state index contributed by atoms with van der Waals surface area (Å²) in [6.07, 6.45) is 4.99. The number of aryl methyl sites for hydroxylation is 3. The fraction of sp³-hybridized carbons (Fsp3) is 0.500. The molecule has 1 fully saturated rings. The van der Waals surface area contributed by atoms with Gasteiger partial charge in [-0.1, -0.05) is 5.16 Å². The van der Waals surface area contributed by atoms with Crippen molar-refractivity contribution in [3.63, 3.8) is 0 Å². The van der Waals surface area contributed by atoms with E-state index in [1.807, 2.05) is 23.6 Å². The smallest absolute Gasteiger partial charge is 0.257 e. The molecule has 0 aliphatic carbocycles. The minimum atomic E-state index is -0.291. The summed E-state index contributed by atoms with van der Waals surface area (Å²) >= 11 is 0. The fourth-order valence-electron chi connectivity index (χ4n) is 4.44. The third-order valence-electron chi connectivity index (χ3n) is 6.55. The van der Waals surface area contributed by atoms with Gasteiger partial charge in [0.05, 0.1) is 5.69 Å². The molecule has 0 atom stereocenters. The first-order valence-electron chi connectivity index (χ1n) is 11.3. The molecule has 2 aromatic heterocycles. The van der Waals surface area contributed by atoms with Gasteiger partial charge in [-0.15, -0.1) is 0 Å². The van der Waals surface area contributed by atoms with Crippen molar-refractivity contribution in [1.29, 1.82) is 0 Å². The first-order valence-corrected chi connectivity index (χ1v) is 11.3. The van der Waals surface area contributed by atoms with Gasteiger partial charge in [-0.3, -0.25) is 9.48 Å². The molecule has 1 aliphatic heterocycles. The lowest BCUT2D eigenvalue weighted by molar-refractivity contribution is -0.132. The van der Waals surface area contributed by atoms with Crippen LogP contribution in [-0.2, 0) is 24.7 Å². The van der Waals surface area contributed by atoms with Crippen LogP contribution in [0.1, 0.15) is 48.5 Å². The molecule has 0 unspecified atom stereocenters. The summed E-state index contributed by atoms with van der Waals surface area (Å²) in [6, 6.07) is 6.03. The molecule has 3 aromatic rings. The van der Waals surface area contributed by atoms with E-state index < -0.39 is 0 Å². The van der Waals surface area contributed by atoms with Crippen molar-refractivity contribution < 1.29 is 13.7 Å². The lowest BCUT2D eigenvalue weighted by atomic mass is 9.92. The van der Waals surface area contributed by atoms with Gasteiger partial charge in [-0.2, -0.15) is 10.1 Å². The predicted molar refractivity (Wildman–Crippen MR) is 118 cm³/mol. The monoisotopic (exact) mass is 439 g/mol. The molecular weight excluding hydrogens is 409 g/mol. The average molecular weight is 440 g/mol. The van der Waals surface area contributed by atoms with Crippen molar-refractivity contribution in [2.45, 2.75) is 52.4 Å². The zero-order valence-electron chi connectivity index (χ0n) is 19.0. The Morgan fingerprint density at radius 3 is 2.53 bits per heavy atom. The molecule has 0 bridgehead atoms. The van der Waals surface area contributed by atoms with Gasteiger partial charge < -0.3 is 9.42 Å². The quantitative estimate of drug-likeness (QED) is 0.556. The van der Waals surface area contributed by atoms with Gasteiger partial charge in [0.1, 0.15) is 5.82 Å². The lowest BCUT2D eigenvalue weighted by Gasteiger charge is -2.32. The lowest BCUT2D eigenvalue weighted by Crippen LogP contribution is -2.38. The number of nitrogens with zero attached hydrogens (tertiary/aromatic N) is 5. The van der Waals surface area contributed by atoms with Crippen molar-refractivity contribution in [3.05, 3.63) is 52.9 Å². The highest BCUT2D eigenvalue weighted by Crippen LogP contribution is 2.24. The van der Waals surface area contributed by atoms with E-state index in [1.165, 1.54) is 17.7 Å². The molecule has 7 nitrogen and oxygen atoms in total. The Hall–Kier alpha value is -3.03. The highest BCUT2D eigenvalue weighted by atomic mass is 19.1. The number of benzene rings is 1. The molecule has 4 rings (SSSR count). The summed E-state index contributed by atoms with van der Waals surface area (Å²) in [6.45, 7) is 5.67. The number of aromatic nitrogens is 4. The number of rotatable bonds is 7. The number of carbonyl (C=O) groups excluding carboxylic acids is 1. The summed E-state index contributed by atoms with van der Waals surface area (Å²) in [4.78, 5) is 19.1. The van der Waals surface area contributed by atoms with E-state index in [0.717, 1.165) is 56.6 Å². The maximum absolute atomic E-state index is 13.1.